The average Bonchev–Trinajstić information content (AvgIpc) is 2.84. The van der Waals surface area contributed by atoms with E-state index in [2.05, 4.69) is 65.0 Å². The Morgan fingerprint density at radius 1 is 0.947 bits per heavy atom. The lowest BCUT2D eigenvalue weighted by Gasteiger charge is -2.27. The van der Waals surface area contributed by atoms with Gasteiger partial charge < -0.3 is 0 Å². The van der Waals surface area contributed by atoms with Crippen molar-refractivity contribution in [2.45, 2.75) is 41.0 Å². The number of hydrogen-bond acceptors (Lipinski definition) is 0. The van der Waals surface area contributed by atoms with Crippen LogP contribution in [0.15, 0.2) is 52.1 Å². The fourth-order valence-corrected chi connectivity index (χ4v) is 3.68. The molecule has 0 bridgehead atoms. The second kappa shape index (κ2) is 3.96. The van der Waals surface area contributed by atoms with Crippen molar-refractivity contribution < 1.29 is 0 Å². The molecule has 0 spiro atoms. The Labute approximate surface area is 116 Å². The first kappa shape index (κ1) is 12.5. The van der Waals surface area contributed by atoms with Gasteiger partial charge in [-0.25, -0.2) is 0 Å². The van der Waals surface area contributed by atoms with E-state index in [0.29, 0.717) is 0 Å². The summed E-state index contributed by atoms with van der Waals surface area (Å²) in [6, 6.07) is 8.76. The molecule has 0 saturated carbocycles. The SMILES string of the molecule is CC1=C(C)C(C)(C)C(C2=Cc3ccccc3C2)=C1C. The van der Waals surface area contributed by atoms with Crippen LogP contribution in [0.3, 0.4) is 0 Å². The maximum absolute atomic E-state index is 2.39. The van der Waals surface area contributed by atoms with Gasteiger partial charge in [-0.3, -0.25) is 0 Å². The summed E-state index contributed by atoms with van der Waals surface area (Å²) < 4.78 is 0. The molecule has 0 nitrogen and oxygen atoms in total. The summed E-state index contributed by atoms with van der Waals surface area (Å²) in [6.07, 6.45) is 3.48. The molecule has 19 heavy (non-hydrogen) atoms. The molecular formula is C19H22. The summed E-state index contributed by atoms with van der Waals surface area (Å²) in [5.41, 5.74) is 10.6. The Bertz CT molecular complexity index is 648. The van der Waals surface area contributed by atoms with Gasteiger partial charge in [0, 0.05) is 5.41 Å². The lowest BCUT2D eigenvalue weighted by molar-refractivity contribution is 0.552. The first-order valence-corrected chi connectivity index (χ1v) is 7.11. The van der Waals surface area contributed by atoms with Crippen molar-refractivity contribution in [1.29, 1.82) is 0 Å². The Morgan fingerprint density at radius 3 is 2.21 bits per heavy atom. The third-order valence-electron chi connectivity index (χ3n) is 5.15. The Morgan fingerprint density at radius 2 is 1.63 bits per heavy atom. The fourth-order valence-electron chi connectivity index (χ4n) is 3.68. The summed E-state index contributed by atoms with van der Waals surface area (Å²) in [5.74, 6) is 0. The van der Waals surface area contributed by atoms with Crippen molar-refractivity contribution in [3.05, 3.63) is 63.3 Å². The van der Waals surface area contributed by atoms with Gasteiger partial charge in [-0.2, -0.15) is 0 Å². The Kier molecular flexibility index (Phi) is 2.60. The van der Waals surface area contributed by atoms with Crippen LogP contribution in [0.2, 0.25) is 0 Å². The van der Waals surface area contributed by atoms with Crippen LogP contribution in [0.1, 0.15) is 45.7 Å². The van der Waals surface area contributed by atoms with Gasteiger partial charge in [-0.05, 0) is 60.6 Å². The summed E-state index contributed by atoms with van der Waals surface area (Å²) in [5, 5.41) is 0. The number of rotatable bonds is 1. The van der Waals surface area contributed by atoms with Crippen molar-refractivity contribution >= 4 is 6.08 Å². The molecule has 0 saturated heterocycles. The van der Waals surface area contributed by atoms with Crippen LogP contribution in [0, 0.1) is 5.41 Å². The molecule has 0 heterocycles. The topological polar surface area (TPSA) is 0 Å². The van der Waals surface area contributed by atoms with Crippen LogP contribution in [0.25, 0.3) is 6.08 Å². The standard InChI is InChI=1S/C19H22/c1-12-13(2)18(19(4,5)14(12)3)17-10-15-8-6-7-9-16(15)11-17/h6-10H,11H2,1-5H3. The molecule has 0 heteroatoms. The van der Waals surface area contributed by atoms with E-state index < -0.39 is 0 Å². The summed E-state index contributed by atoms with van der Waals surface area (Å²) in [7, 11) is 0. The number of hydrogen-bond donors (Lipinski definition) is 0. The van der Waals surface area contributed by atoms with Gasteiger partial charge in [0.25, 0.3) is 0 Å². The normalized spacial score (nSPS) is 21.0. The highest BCUT2D eigenvalue weighted by molar-refractivity contribution is 5.72. The highest BCUT2D eigenvalue weighted by Gasteiger charge is 2.36. The maximum atomic E-state index is 2.39. The van der Waals surface area contributed by atoms with E-state index in [1.807, 2.05) is 0 Å². The summed E-state index contributed by atoms with van der Waals surface area (Å²) in [6.45, 7) is 11.6. The van der Waals surface area contributed by atoms with Crippen LogP contribution in [0.5, 0.6) is 0 Å². The molecule has 3 rings (SSSR count). The molecule has 1 aromatic rings. The first-order chi connectivity index (χ1) is 8.93. The number of allylic oxidation sites excluding steroid dienone is 5. The van der Waals surface area contributed by atoms with E-state index in [4.69, 9.17) is 0 Å². The second-order valence-electron chi connectivity index (χ2n) is 6.42. The fraction of sp³-hybridized carbons (Fsp3) is 0.368. The molecule has 98 valence electrons. The maximum Gasteiger partial charge on any atom is 0.0114 e. The molecule has 0 radical (unpaired) electrons. The van der Waals surface area contributed by atoms with Gasteiger partial charge in [-0.15, -0.1) is 0 Å². The third-order valence-corrected chi connectivity index (χ3v) is 5.15. The quantitative estimate of drug-likeness (QED) is 0.633. The van der Waals surface area contributed by atoms with Crippen molar-refractivity contribution in [2.75, 3.05) is 0 Å². The van der Waals surface area contributed by atoms with Gasteiger partial charge in [0.05, 0.1) is 0 Å². The first-order valence-electron chi connectivity index (χ1n) is 7.11. The zero-order valence-corrected chi connectivity index (χ0v) is 12.6. The summed E-state index contributed by atoms with van der Waals surface area (Å²) in [4.78, 5) is 0. The van der Waals surface area contributed by atoms with Gasteiger partial charge in [0.15, 0.2) is 0 Å². The zero-order chi connectivity index (χ0) is 13.8. The molecule has 1 aromatic carbocycles. The minimum Gasteiger partial charge on any atom is -0.0619 e. The largest absolute Gasteiger partial charge is 0.0619 e. The van der Waals surface area contributed by atoms with Crippen molar-refractivity contribution in [3.63, 3.8) is 0 Å². The van der Waals surface area contributed by atoms with E-state index in [0.717, 1.165) is 6.42 Å². The van der Waals surface area contributed by atoms with E-state index in [1.165, 1.54) is 33.4 Å². The predicted octanol–water partition coefficient (Wildman–Crippen LogP) is 5.32. The molecule has 0 aromatic heterocycles. The summed E-state index contributed by atoms with van der Waals surface area (Å²) >= 11 is 0. The lowest BCUT2D eigenvalue weighted by Crippen LogP contribution is -2.15. The van der Waals surface area contributed by atoms with Gasteiger partial charge in [-0.1, -0.05) is 49.8 Å². The van der Waals surface area contributed by atoms with Crippen LogP contribution in [0.4, 0.5) is 0 Å². The van der Waals surface area contributed by atoms with E-state index in [1.54, 1.807) is 5.57 Å². The Hall–Kier alpha value is -1.56. The minimum atomic E-state index is 0.183. The van der Waals surface area contributed by atoms with Crippen molar-refractivity contribution in [1.82, 2.24) is 0 Å². The second-order valence-corrected chi connectivity index (χ2v) is 6.42. The molecule has 0 atom stereocenters. The van der Waals surface area contributed by atoms with Crippen LogP contribution >= 0.6 is 0 Å². The average molecular weight is 250 g/mol. The van der Waals surface area contributed by atoms with Gasteiger partial charge in [0.2, 0.25) is 0 Å². The Balaban J connectivity index is 2.08. The van der Waals surface area contributed by atoms with Crippen molar-refractivity contribution in [2.24, 2.45) is 5.41 Å². The van der Waals surface area contributed by atoms with E-state index in [9.17, 15) is 0 Å². The zero-order valence-electron chi connectivity index (χ0n) is 12.6. The number of fused-ring (bicyclic) bond motifs is 1. The molecule has 2 aliphatic carbocycles. The molecular weight excluding hydrogens is 228 g/mol. The van der Waals surface area contributed by atoms with Gasteiger partial charge in [0.1, 0.15) is 0 Å². The monoisotopic (exact) mass is 250 g/mol. The van der Waals surface area contributed by atoms with Crippen LogP contribution in [-0.4, -0.2) is 0 Å². The molecule has 0 unspecified atom stereocenters. The molecule has 0 N–H and O–H groups in total. The molecule has 0 fully saturated rings. The van der Waals surface area contributed by atoms with Crippen LogP contribution < -0.4 is 0 Å². The number of benzene rings is 1. The van der Waals surface area contributed by atoms with Crippen molar-refractivity contribution in [3.8, 4) is 0 Å². The molecule has 0 amide bonds. The third kappa shape index (κ3) is 1.66. The highest BCUT2D eigenvalue weighted by atomic mass is 14.4. The predicted molar refractivity (Wildman–Crippen MR) is 83.0 cm³/mol. The minimum absolute atomic E-state index is 0.183. The molecule has 2 aliphatic rings. The van der Waals surface area contributed by atoms with E-state index in [-0.39, 0.29) is 5.41 Å². The molecule has 0 aliphatic heterocycles. The van der Waals surface area contributed by atoms with E-state index >= 15 is 0 Å². The lowest BCUT2D eigenvalue weighted by atomic mass is 9.77. The van der Waals surface area contributed by atoms with Gasteiger partial charge >= 0.3 is 0 Å². The smallest absolute Gasteiger partial charge is 0.0114 e. The van der Waals surface area contributed by atoms with Crippen LogP contribution in [-0.2, 0) is 6.42 Å². The highest BCUT2D eigenvalue weighted by Crippen LogP contribution is 2.51.